The monoisotopic (exact) mass is 261 g/mol. The van der Waals surface area contributed by atoms with Crippen molar-refractivity contribution in [3.8, 4) is 0 Å². The molecule has 0 spiro atoms. The molecule has 1 atom stereocenters. The summed E-state index contributed by atoms with van der Waals surface area (Å²) in [6.07, 6.45) is 2.38. The molecule has 1 saturated heterocycles. The molecule has 1 fully saturated rings. The van der Waals surface area contributed by atoms with Gasteiger partial charge >= 0.3 is 6.09 Å². The van der Waals surface area contributed by atoms with E-state index >= 15 is 0 Å². The van der Waals surface area contributed by atoms with E-state index < -0.39 is 6.09 Å². The number of nitrogen functional groups attached to an aromatic ring is 1. The number of nitrogens with two attached hydrogens (primary N) is 1. The van der Waals surface area contributed by atoms with Gasteiger partial charge in [0.15, 0.2) is 5.82 Å². The van der Waals surface area contributed by atoms with Crippen molar-refractivity contribution < 1.29 is 9.90 Å². The Hall–Kier alpha value is -2.31. The van der Waals surface area contributed by atoms with Gasteiger partial charge in [0.1, 0.15) is 11.8 Å². The number of fused-ring (bicyclic) bond motifs is 1. The summed E-state index contributed by atoms with van der Waals surface area (Å²) in [7, 11) is 0. The van der Waals surface area contributed by atoms with Gasteiger partial charge in [-0.3, -0.25) is 0 Å². The number of amides is 1. The van der Waals surface area contributed by atoms with Gasteiger partial charge in [-0.05, 0) is 25.0 Å². The van der Waals surface area contributed by atoms with E-state index in [4.69, 9.17) is 10.8 Å². The second kappa shape index (κ2) is 4.42. The molecule has 7 nitrogen and oxygen atoms in total. The van der Waals surface area contributed by atoms with E-state index in [1.165, 1.54) is 11.2 Å². The maximum absolute atomic E-state index is 11.1. The molecule has 1 aliphatic rings. The normalized spacial score (nSPS) is 19.8. The highest BCUT2D eigenvalue weighted by Crippen LogP contribution is 2.28. The van der Waals surface area contributed by atoms with E-state index in [9.17, 15) is 4.79 Å². The van der Waals surface area contributed by atoms with Gasteiger partial charge < -0.3 is 15.7 Å². The van der Waals surface area contributed by atoms with E-state index in [1.54, 1.807) is 4.52 Å². The molecule has 1 amide bonds. The lowest BCUT2D eigenvalue weighted by Crippen LogP contribution is -2.38. The number of carbonyl (C=O) groups is 1. The predicted molar refractivity (Wildman–Crippen MR) is 69.0 cm³/mol. The average molecular weight is 261 g/mol. The molecule has 0 saturated carbocycles. The van der Waals surface area contributed by atoms with Gasteiger partial charge in [0, 0.05) is 24.7 Å². The van der Waals surface area contributed by atoms with Crippen LogP contribution in [0.3, 0.4) is 0 Å². The number of aromatic nitrogens is 3. The molecule has 7 heteroatoms. The van der Waals surface area contributed by atoms with Crippen LogP contribution in [0.25, 0.3) is 5.52 Å². The molecule has 1 aliphatic heterocycles. The minimum absolute atomic E-state index is 0.154. The van der Waals surface area contributed by atoms with E-state index in [0.717, 1.165) is 24.1 Å². The number of rotatable bonds is 1. The summed E-state index contributed by atoms with van der Waals surface area (Å²) in [5.41, 5.74) is 7.56. The number of nitrogens with zero attached hydrogens (tertiary/aromatic N) is 4. The Morgan fingerprint density at radius 2 is 2.32 bits per heavy atom. The third-order valence-corrected chi connectivity index (χ3v) is 3.62. The van der Waals surface area contributed by atoms with Gasteiger partial charge in [-0.2, -0.15) is 5.10 Å². The van der Waals surface area contributed by atoms with Crippen LogP contribution in [0.1, 0.15) is 24.5 Å². The van der Waals surface area contributed by atoms with E-state index in [2.05, 4.69) is 10.1 Å². The van der Waals surface area contributed by atoms with Gasteiger partial charge in [-0.25, -0.2) is 14.3 Å². The summed E-state index contributed by atoms with van der Waals surface area (Å²) in [6, 6.07) is 3.83. The van der Waals surface area contributed by atoms with Crippen LogP contribution >= 0.6 is 0 Å². The number of likely N-dealkylation sites (tertiary alicyclic amines) is 1. The average Bonchev–Trinajstić information content (AvgIpc) is 2.84. The largest absolute Gasteiger partial charge is 0.465 e. The van der Waals surface area contributed by atoms with Crippen LogP contribution in [0.5, 0.6) is 0 Å². The molecule has 0 aliphatic carbocycles. The van der Waals surface area contributed by atoms with Crippen LogP contribution in [-0.4, -0.2) is 43.8 Å². The SMILES string of the molecule is Nc1ncnn2c(C3CCCN(C(=O)O)C3)ccc12. The van der Waals surface area contributed by atoms with Gasteiger partial charge in [0.2, 0.25) is 0 Å². The summed E-state index contributed by atoms with van der Waals surface area (Å²) < 4.78 is 1.76. The number of anilines is 1. The topological polar surface area (TPSA) is 96.8 Å². The number of hydrogen-bond donors (Lipinski definition) is 2. The summed E-state index contributed by atoms with van der Waals surface area (Å²) in [5, 5.41) is 13.3. The van der Waals surface area contributed by atoms with Crippen molar-refractivity contribution in [2.75, 3.05) is 18.8 Å². The van der Waals surface area contributed by atoms with E-state index in [1.807, 2.05) is 12.1 Å². The highest BCUT2D eigenvalue weighted by molar-refractivity contribution is 5.66. The Kier molecular flexibility index (Phi) is 2.73. The fourth-order valence-corrected chi connectivity index (χ4v) is 2.67. The van der Waals surface area contributed by atoms with Crippen LogP contribution in [0.4, 0.5) is 10.6 Å². The van der Waals surface area contributed by atoms with E-state index in [-0.39, 0.29) is 5.92 Å². The third kappa shape index (κ3) is 1.96. The molecule has 19 heavy (non-hydrogen) atoms. The maximum atomic E-state index is 11.1. The van der Waals surface area contributed by atoms with Crippen LogP contribution in [0.2, 0.25) is 0 Å². The Morgan fingerprint density at radius 1 is 1.47 bits per heavy atom. The van der Waals surface area contributed by atoms with Crippen molar-refractivity contribution in [2.45, 2.75) is 18.8 Å². The highest BCUT2D eigenvalue weighted by atomic mass is 16.4. The molecule has 2 aromatic rings. The lowest BCUT2D eigenvalue weighted by Gasteiger charge is -2.30. The number of hydrogen-bond acceptors (Lipinski definition) is 4. The second-order valence-electron chi connectivity index (χ2n) is 4.77. The summed E-state index contributed by atoms with van der Waals surface area (Å²) in [5.74, 6) is 0.591. The second-order valence-corrected chi connectivity index (χ2v) is 4.77. The zero-order valence-electron chi connectivity index (χ0n) is 10.4. The number of carboxylic acid groups (broad SMARTS) is 1. The molecular formula is C12H15N5O2. The van der Waals surface area contributed by atoms with Crippen molar-refractivity contribution in [1.29, 1.82) is 0 Å². The molecule has 3 rings (SSSR count). The Balaban J connectivity index is 1.96. The maximum Gasteiger partial charge on any atom is 0.407 e. The Morgan fingerprint density at radius 3 is 3.11 bits per heavy atom. The molecule has 3 N–H and O–H groups in total. The van der Waals surface area contributed by atoms with Gasteiger partial charge in [-0.15, -0.1) is 0 Å². The van der Waals surface area contributed by atoms with Gasteiger partial charge in [-0.1, -0.05) is 0 Å². The minimum atomic E-state index is -0.861. The highest BCUT2D eigenvalue weighted by Gasteiger charge is 2.26. The molecule has 0 bridgehead atoms. The Bertz CT molecular complexity index is 624. The van der Waals surface area contributed by atoms with Gasteiger partial charge in [0.25, 0.3) is 0 Å². The summed E-state index contributed by atoms with van der Waals surface area (Å²) >= 11 is 0. The molecule has 0 aromatic carbocycles. The quantitative estimate of drug-likeness (QED) is 0.803. The molecule has 1 unspecified atom stereocenters. The molecule has 100 valence electrons. The molecule has 2 aromatic heterocycles. The van der Waals surface area contributed by atoms with Crippen molar-refractivity contribution in [1.82, 2.24) is 19.5 Å². The van der Waals surface area contributed by atoms with Crippen LogP contribution in [0.15, 0.2) is 18.5 Å². The zero-order valence-corrected chi connectivity index (χ0v) is 10.4. The fraction of sp³-hybridized carbons (Fsp3) is 0.417. The standard InChI is InChI=1S/C12H15N5O2/c13-11-10-4-3-9(17(10)15-7-14-11)8-2-1-5-16(6-8)12(18)19/h3-4,7-8H,1-2,5-6H2,(H,18,19)(H2,13,14,15). The van der Waals surface area contributed by atoms with Crippen molar-refractivity contribution in [3.63, 3.8) is 0 Å². The molecule has 0 radical (unpaired) electrons. The fourth-order valence-electron chi connectivity index (χ4n) is 2.67. The first-order valence-electron chi connectivity index (χ1n) is 6.23. The summed E-state index contributed by atoms with van der Waals surface area (Å²) in [6.45, 7) is 1.11. The first-order chi connectivity index (χ1) is 9.16. The van der Waals surface area contributed by atoms with Crippen molar-refractivity contribution in [2.24, 2.45) is 0 Å². The zero-order chi connectivity index (χ0) is 13.4. The minimum Gasteiger partial charge on any atom is -0.465 e. The smallest absolute Gasteiger partial charge is 0.407 e. The van der Waals surface area contributed by atoms with Crippen molar-refractivity contribution >= 4 is 17.4 Å². The van der Waals surface area contributed by atoms with E-state index in [0.29, 0.717) is 18.9 Å². The lowest BCUT2D eigenvalue weighted by molar-refractivity contribution is 0.130. The van der Waals surface area contributed by atoms with Crippen LogP contribution < -0.4 is 5.73 Å². The third-order valence-electron chi connectivity index (χ3n) is 3.62. The summed E-state index contributed by atoms with van der Waals surface area (Å²) in [4.78, 5) is 16.5. The number of piperidine rings is 1. The molecule has 3 heterocycles. The lowest BCUT2D eigenvalue weighted by atomic mass is 9.95. The predicted octanol–water partition coefficient (Wildman–Crippen LogP) is 1.17. The van der Waals surface area contributed by atoms with Crippen LogP contribution in [0, 0.1) is 0 Å². The van der Waals surface area contributed by atoms with Gasteiger partial charge in [0.05, 0.1) is 0 Å². The first-order valence-corrected chi connectivity index (χ1v) is 6.23. The Labute approximate surface area is 109 Å². The molecular weight excluding hydrogens is 246 g/mol. The van der Waals surface area contributed by atoms with Crippen LogP contribution in [-0.2, 0) is 0 Å². The van der Waals surface area contributed by atoms with Crippen molar-refractivity contribution in [3.05, 3.63) is 24.2 Å². The first kappa shape index (κ1) is 11.8.